The number of para-hydroxylation sites is 1. The normalized spacial score (nSPS) is 14.4. The summed E-state index contributed by atoms with van der Waals surface area (Å²) in [7, 11) is 0. The summed E-state index contributed by atoms with van der Waals surface area (Å²) in [5.41, 5.74) is 8.41. The fourth-order valence-corrected chi connectivity index (χ4v) is 3.97. The lowest BCUT2D eigenvalue weighted by molar-refractivity contribution is 0.100. The zero-order chi connectivity index (χ0) is 23.4. The molecule has 1 saturated heterocycles. The molecule has 2 aromatic carbocycles. The number of carbonyl (C=O) groups excluding carboxylic acids is 1. The Labute approximate surface area is 198 Å². The average molecular weight is 466 g/mol. The number of primary amides is 1. The zero-order valence-corrected chi connectivity index (χ0v) is 19.5. The van der Waals surface area contributed by atoms with Gasteiger partial charge in [0, 0.05) is 43.6 Å². The van der Waals surface area contributed by atoms with Crippen molar-refractivity contribution in [3.05, 3.63) is 65.3 Å². The van der Waals surface area contributed by atoms with Gasteiger partial charge in [0.05, 0.1) is 17.4 Å². The van der Waals surface area contributed by atoms with Crippen LogP contribution in [0.25, 0.3) is 0 Å². The highest BCUT2D eigenvalue weighted by molar-refractivity contribution is 6.33. The first-order valence-corrected chi connectivity index (χ1v) is 11.3. The lowest BCUT2D eigenvalue weighted by Gasteiger charge is -2.38. The van der Waals surface area contributed by atoms with Gasteiger partial charge in [0.1, 0.15) is 5.02 Å². The van der Waals surface area contributed by atoms with Gasteiger partial charge in [0.15, 0.2) is 5.82 Å². The predicted molar refractivity (Wildman–Crippen MR) is 134 cm³/mol. The molecule has 0 aliphatic carbocycles. The van der Waals surface area contributed by atoms with Gasteiger partial charge in [-0.2, -0.15) is 4.98 Å². The molecule has 0 radical (unpaired) electrons. The van der Waals surface area contributed by atoms with Crippen LogP contribution in [0.3, 0.4) is 0 Å². The van der Waals surface area contributed by atoms with E-state index in [1.807, 2.05) is 12.1 Å². The van der Waals surface area contributed by atoms with Gasteiger partial charge in [-0.25, -0.2) is 4.98 Å². The molecule has 1 aliphatic heterocycles. The molecule has 0 unspecified atom stereocenters. The molecule has 1 amide bonds. The van der Waals surface area contributed by atoms with Gasteiger partial charge < -0.3 is 21.3 Å². The number of hydrogen-bond acceptors (Lipinski definition) is 7. The summed E-state index contributed by atoms with van der Waals surface area (Å²) in [6, 6.07) is 15.7. The van der Waals surface area contributed by atoms with Crippen molar-refractivity contribution in [3.63, 3.8) is 0 Å². The number of nitrogens with two attached hydrogens (primary N) is 1. The lowest BCUT2D eigenvalue weighted by atomic mass is 10.1. The van der Waals surface area contributed by atoms with Crippen molar-refractivity contribution in [2.75, 3.05) is 41.7 Å². The van der Waals surface area contributed by atoms with Gasteiger partial charge >= 0.3 is 0 Å². The van der Waals surface area contributed by atoms with E-state index in [0.717, 1.165) is 31.9 Å². The van der Waals surface area contributed by atoms with Crippen molar-refractivity contribution in [3.8, 4) is 0 Å². The third-order valence-electron chi connectivity index (χ3n) is 5.72. The van der Waals surface area contributed by atoms with Crippen molar-refractivity contribution in [1.82, 2.24) is 14.9 Å². The van der Waals surface area contributed by atoms with Gasteiger partial charge in [-0.1, -0.05) is 23.7 Å². The third-order valence-corrected chi connectivity index (χ3v) is 6.00. The highest BCUT2D eigenvalue weighted by Gasteiger charge is 2.19. The van der Waals surface area contributed by atoms with E-state index >= 15 is 0 Å². The standard InChI is InChI=1S/C24H28ClN7O/c1-16(2)31-11-13-32(14-12-31)18-9-7-17(8-10-18)28-24-27-15-20(25)23(30-24)29-21-6-4-3-5-19(21)22(26)33/h3-10,15-16H,11-14H2,1-2H3,(H2,26,33)(H2,27,28,29,30). The van der Waals surface area contributed by atoms with Crippen LogP contribution < -0.4 is 21.3 Å². The molecule has 1 fully saturated rings. The van der Waals surface area contributed by atoms with Crippen LogP contribution in [0.5, 0.6) is 0 Å². The van der Waals surface area contributed by atoms with E-state index in [1.54, 1.807) is 24.3 Å². The second kappa shape index (κ2) is 10.1. The minimum absolute atomic E-state index is 0.329. The van der Waals surface area contributed by atoms with Gasteiger partial charge in [-0.3, -0.25) is 9.69 Å². The van der Waals surface area contributed by atoms with Crippen LogP contribution in [0.4, 0.5) is 28.8 Å². The van der Waals surface area contributed by atoms with Crippen LogP contribution in [0.15, 0.2) is 54.7 Å². The van der Waals surface area contributed by atoms with Crippen LogP contribution in [-0.2, 0) is 0 Å². The van der Waals surface area contributed by atoms with Crippen LogP contribution in [-0.4, -0.2) is 53.0 Å². The number of benzene rings is 2. The largest absolute Gasteiger partial charge is 0.369 e. The number of rotatable bonds is 7. The van der Waals surface area contributed by atoms with Gasteiger partial charge in [0.2, 0.25) is 5.95 Å². The Balaban J connectivity index is 1.44. The number of anilines is 5. The van der Waals surface area contributed by atoms with E-state index in [1.165, 1.54) is 11.9 Å². The van der Waals surface area contributed by atoms with E-state index in [4.69, 9.17) is 17.3 Å². The van der Waals surface area contributed by atoms with Crippen LogP contribution >= 0.6 is 11.6 Å². The monoisotopic (exact) mass is 465 g/mol. The Morgan fingerprint density at radius 3 is 2.39 bits per heavy atom. The van der Waals surface area contributed by atoms with Gasteiger partial charge in [-0.15, -0.1) is 0 Å². The molecular weight excluding hydrogens is 438 g/mol. The van der Waals surface area contributed by atoms with E-state index < -0.39 is 5.91 Å². The molecular formula is C24H28ClN7O. The van der Waals surface area contributed by atoms with Crippen molar-refractivity contribution in [2.45, 2.75) is 19.9 Å². The molecule has 8 nitrogen and oxygen atoms in total. The Morgan fingerprint density at radius 2 is 1.73 bits per heavy atom. The minimum atomic E-state index is -0.535. The summed E-state index contributed by atoms with van der Waals surface area (Å²) in [5, 5.41) is 6.61. The Bertz CT molecular complexity index is 1110. The fraction of sp³-hybridized carbons (Fsp3) is 0.292. The SMILES string of the molecule is CC(C)N1CCN(c2ccc(Nc3ncc(Cl)c(Nc4ccccc4C(N)=O)n3)cc2)CC1. The van der Waals surface area contributed by atoms with E-state index in [2.05, 4.69) is 56.4 Å². The van der Waals surface area contributed by atoms with Crippen LogP contribution in [0.2, 0.25) is 5.02 Å². The number of halogens is 1. The molecule has 1 aliphatic rings. The predicted octanol–water partition coefficient (Wildman–Crippen LogP) is 4.25. The molecule has 3 aromatic rings. The number of carbonyl (C=O) groups is 1. The minimum Gasteiger partial charge on any atom is -0.369 e. The van der Waals surface area contributed by atoms with Crippen LogP contribution in [0.1, 0.15) is 24.2 Å². The smallest absolute Gasteiger partial charge is 0.250 e. The second-order valence-corrected chi connectivity index (χ2v) is 8.62. The lowest BCUT2D eigenvalue weighted by Crippen LogP contribution is -2.48. The fourth-order valence-electron chi connectivity index (χ4n) is 3.83. The maximum absolute atomic E-state index is 11.7. The summed E-state index contributed by atoms with van der Waals surface area (Å²) in [4.78, 5) is 25.3. The Morgan fingerprint density at radius 1 is 1.03 bits per heavy atom. The summed E-state index contributed by atoms with van der Waals surface area (Å²) in [5.74, 6) is 0.228. The molecule has 4 N–H and O–H groups in total. The number of nitrogens with one attached hydrogen (secondary N) is 2. The summed E-state index contributed by atoms with van der Waals surface area (Å²) in [6.45, 7) is 8.68. The highest BCUT2D eigenvalue weighted by Crippen LogP contribution is 2.27. The average Bonchev–Trinajstić information content (AvgIpc) is 2.82. The molecule has 33 heavy (non-hydrogen) atoms. The van der Waals surface area contributed by atoms with Crippen LogP contribution in [0, 0.1) is 0 Å². The van der Waals surface area contributed by atoms with Crippen molar-refractivity contribution in [1.29, 1.82) is 0 Å². The zero-order valence-electron chi connectivity index (χ0n) is 18.8. The first-order valence-electron chi connectivity index (χ1n) is 10.9. The number of hydrogen-bond donors (Lipinski definition) is 3. The third kappa shape index (κ3) is 5.53. The van der Waals surface area contributed by atoms with E-state index in [-0.39, 0.29) is 0 Å². The Kier molecular flexibility index (Phi) is 6.96. The molecule has 0 spiro atoms. The Hall–Kier alpha value is -3.36. The van der Waals surface area contributed by atoms with Gasteiger partial charge in [0.25, 0.3) is 5.91 Å². The summed E-state index contributed by atoms with van der Waals surface area (Å²) < 4.78 is 0. The topological polar surface area (TPSA) is 99.4 Å². The summed E-state index contributed by atoms with van der Waals surface area (Å²) in [6.07, 6.45) is 1.51. The number of piperazine rings is 1. The number of amides is 1. The number of aromatic nitrogens is 2. The molecule has 9 heteroatoms. The molecule has 0 atom stereocenters. The highest BCUT2D eigenvalue weighted by atomic mass is 35.5. The van der Waals surface area contributed by atoms with Crippen molar-refractivity contribution >= 4 is 46.3 Å². The molecule has 172 valence electrons. The number of nitrogens with zero attached hydrogens (tertiary/aromatic N) is 4. The first-order chi connectivity index (χ1) is 15.9. The molecule has 0 bridgehead atoms. The first kappa shape index (κ1) is 22.8. The quantitative estimate of drug-likeness (QED) is 0.479. The van der Waals surface area contributed by atoms with Crippen molar-refractivity contribution in [2.24, 2.45) is 5.73 Å². The second-order valence-electron chi connectivity index (χ2n) is 8.21. The van der Waals surface area contributed by atoms with E-state index in [9.17, 15) is 4.79 Å². The molecule has 0 saturated carbocycles. The maximum atomic E-state index is 11.7. The molecule has 4 rings (SSSR count). The maximum Gasteiger partial charge on any atom is 0.250 e. The van der Waals surface area contributed by atoms with Crippen molar-refractivity contribution < 1.29 is 4.79 Å². The molecule has 2 heterocycles. The van der Waals surface area contributed by atoms with E-state index in [0.29, 0.717) is 34.1 Å². The summed E-state index contributed by atoms with van der Waals surface area (Å²) >= 11 is 6.28. The van der Waals surface area contributed by atoms with Gasteiger partial charge in [-0.05, 0) is 50.2 Å². The molecule has 1 aromatic heterocycles.